The standard InChI is InChI=1S/C25H18F4O5S/c1-11-16-12-7-3-5-9-14(12)17(15-10-6-4-8-13(15)16)25(11,2)24(30)34-22-18(26)20(28)23(35(31,32)33)21(29)19(22)27/h3-11,16-17H,1-2H3,(H,31,32,33). The molecule has 5 nitrogen and oxygen atoms in total. The van der Waals surface area contributed by atoms with Gasteiger partial charge < -0.3 is 4.74 Å². The molecule has 10 heteroatoms. The molecule has 3 aliphatic rings. The zero-order valence-corrected chi connectivity index (χ0v) is 19.2. The molecule has 182 valence electrons. The fourth-order valence-electron chi connectivity index (χ4n) is 5.66. The molecule has 6 rings (SSSR count). The molecule has 0 saturated carbocycles. The lowest BCUT2D eigenvalue weighted by Crippen LogP contribution is -2.52. The Bertz CT molecular complexity index is 1440. The highest BCUT2D eigenvalue weighted by atomic mass is 32.2. The number of rotatable bonds is 3. The highest BCUT2D eigenvalue weighted by Gasteiger charge is 2.59. The maximum Gasteiger partial charge on any atom is 0.318 e. The number of benzene rings is 3. The van der Waals surface area contributed by atoms with Crippen LogP contribution in [0.4, 0.5) is 17.6 Å². The van der Waals surface area contributed by atoms with Crippen molar-refractivity contribution in [2.24, 2.45) is 11.3 Å². The van der Waals surface area contributed by atoms with Crippen molar-refractivity contribution < 1.29 is 40.1 Å². The molecule has 0 amide bonds. The van der Waals surface area contributed by atoms with Gasteiger partial charge in [-0.05, 0) is 35.1 Å². The molecule has 2 bridgehead atoms. The Labute approximate surface area is 198 Å². The molecule has 35 heavy (non-hydrogen) atoms. The van der Waals surface area contributed by atoms with Crippen molar-refractivity contribution in [2.75, 3.05) is 0 Å². The van der Waals surface area contributed by atoms with Crippen molar-refractivity contribution in [2.45, 2.75) is 30.6 Å². The van der Waals surface area contributed by atoms with Gasteiger partial charge >= 0.3 is 16.1 Å². The predicted octanol–water partition coefficient (Wildman–Crippen LogP) is 5.33. The maximum absolute atomic E-state index is 14.6. The average molecular weight is 506 g/mol. The summed E-state index contributed by atoms with van der Waals surface area (Å²) >= 11 is 0. The highest BCUT2D eigenvalue weighted by Crippen LogP contribution is 2.64. The van der Waals surface area contributed by atoms with Gasteiger partial charge in [0.25, 0.3) is 0 Å². The van der Waals surface area contributed by atoms with Crippen molar-refractivity contribution >= 4 is 16.1 Å². The van der Waals surface area contributed by atoms with Crippen LogP contribution in [-0.4, -0.2) is 18.9 Å². The number of esters is 1. The highest BCUT2D eigenvalue weighted by molar-refractivity contribution is 7.85. The molecule has 2 unspecified atom stereocenters. The second kappa shape index (κ2) is 7.63. The van der Waals surface area contributed by atoms with Gasteiger partial charge in [0.15, 0.2) is 16.5 Å². The summed E-state index contributed by atoms with van der Waals surface area (Å²) in [6, 6.07) is 14.9. The minimum absolute atomic E-state index is 0.255. The van der Waals surface area contributed by atoms with Gasteiger partial charge in [-0.3, -0.25) is 9.35 Å². The molecule has 0 saturated heterocycles. The van der Waals surface area contributed by atoms with Crippen LogP contribution in [0.1, 0.15) is 47.9 Å². The van der Waals surface area contributed by atoms with Crippen LogP contribution in [0.25, 0.3) is 0 Å². The van der Waals surface area contributed by atoms with Gasteiger partial charge in [-0.15, -0.1) is 0 Å². The molecular formula is C25H18F4O5S. The van der Waals surface area contributed by atoms with E-state index in [1.54, 1.807) is 26.0 Å². The summed E-state index contributed by atoms with van der Waals surface area (Å²) in [6.07, 6.45) is 0. The van der Waals surface area contributed by atoms with Crippen molar-refractivity contribution in [1.82, 2.24) is 0 Å². The van der Waals surface area contributed by atoms with E-state index in [0.717, 1.165) is 22.3 Å². The van der Waals surface area contributed by atoms with Crippen LogP contribution in [0.5, 0.6) is 5.75 Å². The number of ether oxygens (including phenoxy) is 1. The average Bonchev–Trinajstić information content (AvgIpc) is 2.81. The van der Waals surface area contributed by atoms with Gasteiger partial charge in [-0.25, -0.2) is 8.78 Å². The van der Waals surface area contributed by atoms with Crippen LogP contribution in [0, 0.1) is 34.6 Å². The Morgan fingerprint density at radius 2 is 1.29 bits per heavy atom. The normalized spacial score (nSPS) is 24.6. The second-order valence-electron chi connectivity index (χ2n) is 9.02. The van der Waals surface area contributed by atoms with Crippen LogP contribution in [0.15, 0.2) is 53.4 Å². The third-order valence-corrected chi connectivity index (χ3v) is 8.28. The topological polar surface area (TPSA) is 80.7 Å². The van der Waals surface area contributed by atoms with Crippen LogP contribution in [-0.2, 0) is 14.9 Å². The molecule has 0 aliphatic heterocycles. The largest absolute Gasteiger partial charge is 0.420 e. The minimum Gasteiger partial charge on any atom is -0.420 e. The molecule has 0 aromatic heterocycles. The maximum atomic E-state index is 14.6. The van der Waals surface area contributed by atoms with E-state index in [0.29, 0.717) is 0 Å². The van der Waals surface area contributed by atoms with Crippen LogP contribution < -0.4 is 4.74 Å². The van der Waals surface area contributed by atoms with E-state index in [-0.39, 0.29) is 5.92 Å². The van der Waals surface area contributed by atoms with Crippen LogP contribution >= 0.6 is 0 Å². The van der Waals surface area contributed by atoms with E-state index < -0.39 is 67.3 Å². The summed E-state index contributed by atoms with van der Waals surface area (Å²) in [5.74, 6) is -13.4. The minimum atomic E-state index is -5.64. The Morgan fingerprint density at radius 3 is 1.71 bits per heavy atom. The molecule has 0 radical (unpaired) electrons. The summed E-state index contributed by atoms with van der Waals surface area (Å²) in [5.41, 5.74) is 2.26. The van der Waals surface area contributed by atoms with E-state index in [4.69, 9.17) is 9.29 Å². The molecule has 3 aliphatic carbocycles. The molecule has 3 aromatic rings. The number of carbonyl (C=O) groups is 1. The molecule has 1 N–H and O–H groups in total. The lowest BCUT2D eigenvalue weighted by molar-refractivity contribution is -0.151. The molecule has 0 heterocycles. The van der Waals surface area contributed by atoms with Crippen molar-refractivity contribution in [1.29, 1.82) is 0 Å². The Kier molecular flexibility index (Phi) is 5.12. The second-order valence-corrected chi connectivity index (χ2v) is 10.4. The van der Waals surface area contributed by atoms with E-state index >= 15 is 0 Å². The first-order valence-corrected chi connectivity index (χ1v) is 12.1. The van der Waals surface area contributed by atoms with E-state index in [1.165, 1.54) is 0 Å². The number of halogens is 4. The van der Waals surface area contributed by atoms with Crippen molar-refractivity contribution in [3.8, 4) is 5.75 Å². The summed E-state index contributed by atoms with van der Waals surface area (Å²) in [6.45, 7) is 3.36. The first-order chi connectivity index (χ1) is 16.4. The Morgan fingerprint density at radius 1 is 0.857 bits per heavy atom. The lowest BCUT2D eigenvalue weighted by atomic mass is 9.48. The smallest absolute Gasteiger partial charge is 0.318 e. The van der Waals surface area contributed by atoms with Crippen LogP contribution in [0.3, 0.4) is 0 Å². The number of hydrogen-bond donors (Lipinski definition) is 1. The summed E-state index contributed by atoms with van der Waals surface area (Å²) < 4.78 is 94.2. The number of fused-ring (bicyclic) bond motifs is 1. The third kappa shape index (κ3) is 3.09. The molecule has 3 aromatic carbocycles. The van der Waals surface area contributed by atoms with E-state index in [2.05, 4.69) is 0 Å². The Balaban J connectivity index is 1.65. The van der Waals surface area contributed by atoms with Crippen LogP contribution in [0.2, 0.25) is 0 Å². The molecular weight excluding hydrogens is 488 g/mol. The first kappa shape index (κ1) is 23.5. The lowest BCUT2D eigenvalue weighted by Gasteiger charge is -2.54. The molecule has 0 spiro atoms. The Hall–Kier alpha value is -3.24. The van der Waals surface area contributed by atoms with Gasteiger partial charge in [-0.2, -0.15) is 17.2 Å². The first-order valence-electron chi connectivity index (χ1n) is 10.6. The van der Waals surface area contributed by atoms with Crippen molar-refractivity contribution in [3.63, 3.8) is 0 Å². The van der Waals surface area contributed by atoms with Gasteiger partial charge in [-0.1, -0.05) is 55.5 Å². The zero-order valence-electron chi connectivity index (χ0n) is 18.4. The van der Waals surface area contributed by atoms with Crippen molar-refractivity contribution in [3.05, 3.63) is 94.1 Å². The molecule has 0 fully saturated rings. The predicted molar refractivity (Wildman–Crippen MR) is 116 cm³/mol. The molecule has 2 atom stereocenters. The zero-order chi connectivity index (χ0) is 25.4. The number of carbonyl (C=O) groups excluding carboxylic acids is 1. The number of hydrogen-bond acceptors (Lipinski definition) is 4. The van der Waals surface area contributed by atoms with Gasteiger partial charge in [0.1, 0.15) is 0 Å². The third-order valence-electron chi connectivity index (χ3n) is 7.41. The monoisotopic (exact) mass is 506 g/mol. The summed E-state index contributed by atoms with van der Waals surface area (Å²) in [5, 5.41) is 0. The SMILES string of the molecule is CC1C2c3ccccc3C(c3ccccc32)C1(C)C(=O)Oc1c(F)c(F)c(S(=O)(=O)O)c(F)c1F. The summed E-state index contributed by atoms with van der Waals surface area (Å²) in [4.78, 5) is 11.3. The van der Waals surface area contributed by atoms with E-state index in [9.17, 15) is 30.8 Å². The van der Waals surface area contributed by atoms with E-state index in [1.807, 2.05) is 36.4 Å². The van der Waals surface area contributed by atoms with Gasteiger partial charge in [0, 0.05) is 11.8 Å². The van der Waals surface area contributed by atoms with Gasteiger partial charge in [0.2, 0.25) is 17.4 Å². The fraction of sp³-hybridized carbons (Fsp3) is 0.240. The fourth-order valence-corrected chi connectivity index (χ4v) is 6.29. The van der Waals surface area contributed by atoms with Gasteiger partial charge in [0.05, 0.1) is 5.41 Å². The quantitative estimate of drug-likeness (QED) is 0.171. The summed E-state index contributed by atoms with van der Waals surface area (Å²) in [7, 11) is -5.64.